The number of carbonyl (C=O) groups is 1. The molecule has 0 fully saturated rings. The second-order valence-electron chi connectivity index (χ2n) is 8.62. The van der Waals surface area contributed by atoms with E-state index in [-0.39, 0.29) is 11.9 Å². The molecule has 0 aliphatic carbocycles. The van der Waals surface area contributed by atoms with Crippen LogP contribution in [0, 0.1) is 13.8 Å². The average molecular weight is 475 g/mol. The summed E-state index contributed by atoms with van der Waals surface area (Å²) >= 11 is 1.73. The molecule has 1 amide bonds. The first-order chi connectivity index (χ1) is 16.4. The molecule has 0 aromatic carbocycles. The molecule has 0 saturated carbocycles. The fraction of sp³-hybridized carbons (Fsp3) is 0.269. The smallest absolute Gasteiger partial charge is 0.255 e. The summed E-state index contributed by atoms with van der Waals surface area (Å²) < 4.78 is 13.0. The SMILES string of the molecule is Cc1cc(-c2cc(C(=O)N(Cc3ccco3)Cc3ccco3)c3cnn(C(C)C)c3n2)c(C)s1. The molecule has 5 aromatic heterocycles. The fourth-order valence-corrected chi connectivity index (χ4v) is 5.08. The number of fused-ring (bicyclic) bond motifs is 1. The van der Waals surface area contributed by atoms with Crippen molar-refractivity contribution in [3.05, 3.63) is 82.0 Å². The Morgan fingerprint density at radius 3 is 2.29 bits per heavy atom. The van der Waals surface area contributed by atoms with Gasteiger partial charge in [0.05, 0.1) is 48.5 Å². The molecule has 0 spiro atoms. The second kappa shape index (κ2) is 8.95. The third kappa shape index (κ3) is 4.17. The molecule has 0 N–H and O–H groups in total. The number of aryl methyl sites for hydroxylation is 2. The summed E-state index contributed by atoms with van der Waals surface area (Å²) in [5.74, 6) is 1.27. The van der Waals surface area contributed by atoms with Crippen LogP contribution in [0.2, 0.25) is 0 Å². The number of pyridine rings is 1. The summed E-state index contributed by atoms with van der Waals surface area (Å²) in [5.41, 5.74) is 3.08. The number of nitrogens with zero attached hydrogens (tertiary/aromatic N) is 4. The van der Waals surface area contributed by atoms with E-state index in [0.717, 1.165) is 16.6 Å². The van der Waals surface area contributed by atoms with Crippen LogP contribution in [0.25, 0.3) is 22.3 Å². The maximum Gasteiger partial charge on any atom is 0.255 e. The molecule has 174 valence electrons. The summed E-state index contributed by atoms with van der Waals surface area (Å²) in [6.07, 6.45) is 4.97. The number of rotatable bonds is 7. The fourth-order valence-electron chi connectivity index (χ4n) is 4.15. The van der Waals surface area contributed by atoms with Gasteiger partial charge in [-0.15, -0.1) is 11.3 Å². The van der Waals surface area contributed by atoms with Crippen LogP contribution in [0.5, 0.6) is 0 Å². The van der Waals surface area contributed by atoms with Gasteiger partial charge in [0.25, 0.3) is 5.91 Å². The van der Waals surface area contributed by atoms with Gasteiger partial charge in [0.2, 0.25) is 0 Å². The van der Waals surface area contributed by atoms with Gasteiger partial charge in [-0.3, -0.25) is 4.79 Å². The molecular formula is C26H26N4O3S. The monoisotopic (exact) mass is 474 g/mol. The third-order valence-electron chi connectivity index (χ3n) is 5.74. The molecule has 0 aliphatic heterocycles. The number of aromatic nitrogens is 3. The highest BCUT2D eigenvalue weighted by molar-refractivity contribution is 7.12. The Labute approximate surface area is 201 Å². The van der Waals surface area contributed by atoms with E-state index in [1.165, 1.54) is 9.75 Å². The maximum absolute atomic E-state index is 14.0. The van der Waals surface area contributed by atoms with Gasteiger partial charge in [0.15, 0.2) is 5.65 Å². The van der Waals surface area contributed by atoms with Gasteiger partial charge in [0.1, 0.15) is 11.5 Å². The number of amides is 1. The maximum atomic E-state index is 14.0. The van der Waals surface area contributed by atoms with E-state index in [9.17, 15) is 4.79 Å². The summed E-state index contributed by atoms with van der Waals surface area (Å²) in [6, 6.07) is 11.5. The van der Waals surface area contributed by atoms with E-state index in [1.54, 1.807) is 35.0 Å². The Morgan fingerprint density at radius 2 is 1.76 bits per heavy atom. The average Bonchev–Trinajstić information content (AvgIpc) is 3.60. The Kier molecular flexibility index (Phi) is 5.83. The Balaban J connectivity index is 1.65. The second-order valence-corrected chi connectivity index (χ2v) is 10.1. The van der Waals surface area contributed by atoms with Gasteiger partial charge in [0, 0.05) is 21.4 Å². The van der Waals surface area contributed by atoms with Crippen molar-refractivity contribution in [2.75, 3.05) is 0 Å². The number of hydrogen-bond donors (Lipinski definition) is 0. The van der Waals surface area contributed by atoms with E-state index in [2.05, 4.69) is 38.9 Å². The van der Waals surface area contributed by atoms with Gasteiger partial charge < -0.3 is 13.7 Å². The highest BCUT2D eigenvalue weighted by Gasteiger charge is 2.25. The normalized spacial score (nSPS) is 11.6. The lowest BCUT2D eigenvalue weighted by Crippen LogP contribution is -2.30. The standard InChI is InChI=1S/C26H26N4O3S/c1-16(2)30-25-23(13-27-30)22(12-24(28-25)21-11-17(3)34-18(21)4)26(31)29(14-19-7-5-9-32-19)15-20-8-6-10-33-20/h5-13,16H,14-15H2,1-4H3. The quantitative estimate of drug-likeness (QED) is 0.273. The van der Waals surface area contributed by atoms with E-state index < -0.39 is 0 Å². The Morgan fingerprint density at radius 1 is 1.09 bits per heavy atom. The molecule has 5 rings (SSSR count). The summed E-state index contributed by atoms with van der Waals surface area (Å²) in [6.45, 7) is 8.92. The molecule has 5 heterocycles. The van der Waals surface area contributed by atoms with E-state index >= 15 is 0 Å². The van der Waals surface area contributed by atoms with Crippen LogP contribution < -0.4 is 0 Å². The van der Waals surface area contributed by atoms with Crippen LogP contribution in [0.4, 0.5) is 0 Å². The van der Waals surface area contributed by atoms with Gasteiger partial charge in [-0.2, -0.15) is 5.10 Å². The minimum atomic E-state index is -0.130. The lowest BCUT2D eigenvalue weighted by molar-refractivity contribution is 0.0707. The van der Waals surface area contributed by atoms with Crippen molar-refractivity contribution in [1.82, 2.24) is 19.7 Å². The van der Waals surface area contributed by atoms with Gasteiger partial charge in [-0.25, -0.2) is 9.67 Å². The highest BCUT2D eigenvalue weighted by atomic mass is 32.1. The predicted octanol–water partition coefficient (Wildman–Crippen LogP) is 6.39. The lowest BCUT2D eigenvalue weighted by atomic mass is 10.1. The van der Waals surface area contributed by atoms with Crippen LogP contribution in [-0.4, -0.2) is 25.6 Å². The van der Waals surface area contributed by atoms with Crippen LogP contribution in [0.3, 0.4) is 0 Å². The number of thiophene rings is 1. The Bertz CT molecular complexity index is 1390. The summed E-state index contributed by atoms with van der Waals surface area (Å²) in [7, 11) is 0. The highest BCUT2D eigenvalue weighted by Crippen LogP contribution is 2.33. The number of furan rings is 2. The molecular weight excluding hydrogens is 448 g/mol. The van der Waals surface area contributed by atoms with E-state index in [4.69, 9.17) is 13.8 Å². The van der Waals surface area contributed by atoms with Gasteiger partial charge in [-0.05, 0) is 64.1 Å². The molecule has 0 unspecified atom stereocenters. The molecule has 0 bridgehead atoms. The first-order valence-electron chi connectivity index (χ1n) is 11.2. The molecule has 0 saturated heterocycles. The van der Waals surface area contributed by atoms with Crippen molar-refractivity contribution in [3.8, 4) is 11.3 Å². The predicted molar refractivity (Wildman–Crippen MR) is 132 cm³/mol. The summed E-state index contributed by atoms with van der Waals surface area (Å²) in [4.78, 5) is 23.1. The van der Waals surface area contributed by atoms with Crippen LogP contribution >= 0.6 is 11.3 Å². The molecule has 7 nitrogen and oxygen atoms in total. The van der Waals surface area contributed by atoms with Gasteiger partial charge >= 0.3 is 0 Å². The molecule has 0 radical (unpaired) electrons. The van der Waals surface area contributed by atoms with Crippen LogP contribution in [-0.2, 0) is 13.1 Å². The van der Waals surface area contributed by atoms with Gasteiger partial charge in [-0.1, -0.05) is 0 Å². The molecule has 34 heavy (non-hydrogen) atoms. The molecule has 0 atom stereocenters. The summed E-state index contributed by atoms with van der Waals surface area (Å²) in [5, 5.41) is 5.29. The zero-order valence-electron chi connectivity index (χ0n) is 19.6. The minimum absolute atomic E-state index is 0.107. The minimum Gasteiger partial charge on any atom is -0.467 e. The van der Waals surface area contributed by atoms with Crippen molar-refractivity contribution in [2.45, 2.75) is 46.8 Å². The van der Waals surface area contributed by atoms with Crippen LogP contribution in [0.15, 0.2) is 64.0 Å². The van der Waals surface area contributed by atoms with Crippen molar-refractivity contribution in [1.29, 1.82) is 0 Å². The van der Waals surface area contributed by atoms with Crippen molar-refractivity contribution < 1.29 is 13.6 Å². The zero-order chi connectivity index (χ0) is 23.8. The topological polar surface area (TPSA) is 77.3 Å². The number of hydrogen-bond acceptors (Lipinski definition) is 6. The van der Waals surface area contributed by atoms with E-state index in [0.29, 0.717) is 35.8 Å². The van der Waals surface area contributed by atoms with E-state index in [1.807, 2.05) is 35.0 Å². The first-order valence-corrected chi connectivity index (χ1v) is 12.0. The zero-order valence-corrected chi connectivity index (χ0v) is 20.4. The Hall–Kier alpha value is -3.65. The van der Waals surface area contributed by atoms with Crippen molar-refractivity contribution in [3.63, 3.8) is 0 Å². The first kappa shape index (κ1) is 22.2. The molecule has 0 aliphatic rings. The molecule has 8 heteroatoms. The van der Waals surface area contributed by atoms with Crippen LogP contribution in [0.1, 0.15) is 51.5 Å². The largest absolute Gasteiger partial charge is 0.467 e. The molecule has 5 aromatic rings. The third-order valence-corrected chi connectivity index (χ3v) is 6.71. The number of carbonyl (C=O) groups excluding carboxylic acids is 1. The van der Waals surface area contributed by atoms with Crippen molar-refractivity contribution in [2.24, 2.45) is 0 Å². The lowest BCUT2D eigenvalue weighted by Gasteiger charge is -2.21. The van der Waals surface area contributed by atoms with Crippen molar-refractivity contribution >= 4 is 28.3 Å².